The number of nitrogens with one attached hydrogen (secondary N) is 2. The molecule has 0 spiro atoms. The van der Waals surface area contributed by atoms with E-state index in [1.54, 1.807) is 0 Å². The molecular formula is C17H17N3O4. The minimum atomic E-state index is -0.549. The molecule has 0 aliphatic rings. The number of hydrogen-bond donors (Lipinski definition) is 2. The van der Waals surface area contributed by atoms with Crippen LogP contribution >= 0.6 is 0 Å². The lowest BCUT2D eigenvalue weighted by Crippen LogP contribution is -2.42. The molecule has 0 fully saturated rings. The monoisotopic (exact) mass is 327 g/mol. The summed E-state index contributed by atoms with van der Waals surface area (Å²) in [5.41, 5.74) is 7.81. The molecule has 0 saturated carbocycles. The van der Waals surface area contributed by atoms with E-state index in [0.29, 0.717) is 0 Å². The minimum absolute atomic E-state index is 0.106. The third-order valence-electron chi connectivity index (χ3n) is 3.59. The number of nitro benzene ring substituents is 1. The van der Waals surface area contributed by atoms with Gasteiger partial charge in [0.1, 0.15) is 0 Å². The molecule has 0 saturated heterocycles. The molecular weight excluding hydrogens is 310 g/mol. The number of benzene rings is 2. The minimum Gasteiger partial charge on any atom is -0.273 e. The van der Waals surface area contributed by atoms with Crippen molar-refractivity contribution in [3.8, 4) is 0 Å². The maximum atomic E-state index is 11.9. The molecule has 2 aromatic rings. The van der Waals surface area contributed by atoms with Gasteiger partial charge in [-0.05, 0) is 42.7 Å². The van der Waals surface area contributed by atoms with Crippen molar-refractivity contribution in [2.24, 2.45) is 0 Å². The van der Waals surface area contributed by atoms with Crippen molar-refractivity contribution in [2.75, 3.05) is 0 Å². The summed E-state index contributed by atoms with van der Waals surface area (Å²) < 4.78 is 0. The number of hydrogen-bond acceptors (Lipinski definition) is 4. The van der Waals surface area contributed by atoms with Crippen LogP contribution in [0.2, 0.25) is 0 Å². The number of aryl methyl sites for hydroxylation is 2. The van der Waals surface area contributed by atoms with Gasteiger partial charge in [0.15, 0.2) is 0 Å². The van der Waals surface area contributed by atoms with Crippen molar-refractivity contribution >= 4 is 17.5 Å². The number of amides is 2. The van der Waals surface area contributed by atoms with Gasteiger partial charge in [-0.15, -0.1) is 0 Å². The quantitative estimate of drug-likeness (QED) is 0.664. The lowest BCUT2D eigenvalue weighted by atomic mass is 10.0. The second kappa shape index (κ2) is 7.36. The fourth-order valence-corrected chi connectivity index (χ4v) is 2.08. The van der Waals surface area contributed by atoms with Crippen molar-refractivity contribution < 1.29 is 14.5 Å². The lowest BCUT2D eigenvalue weighted by molar-refractivity contribution is -0.384. The van der Waals surface area contributed by atoms with Crippen LogP contribution in [-0.4, -0.2) is 16.7 Å². The van der Waals surface area contributed by atoms with Gasteiger partial charge in [-0.1, -0.05) is 18.2 Å². The first-order valence-corrected chi connectivity index (χ1v) is 7.26. The average Bonchev–Trinajstić information content (AvgIpc) is 2.56. The molecule has 0 bridgehead atoms. The van der Waals surface area contributed by atoms with Gasteiger partial charge in [0.25, 0.3) is 11.6 Å². The van der Waals surface area contributed by atoms with Gasteiger partial charge in [-0.2, -0.15) is 0 Å². The van der Waals surface area contributed by atoms with Crippen LogP contribution < -0.4 is 10.9 Å². The third kappa shape index (κ3) is 4.39. The number of carbonyl (C=O) groups excluding carboxylic acids is 2. The first-order valence-electron chi connectivity index (χ1n) is 7.26. The summed E-state index contributed by atoms with van der Waals surface area (Å²) in [4.78, 5) is 33.8. The molecule has 7 nitrogen and oxygen atoms in total. The summed E-state index contributed by atoms with van der Waals surface area (Å²) in [5.74, 6) is -0.896. The predicted molar refractivity (Wildman–Crippen MR) is 88.3 cm³/mol. The Morgan fingerprint density at radius 1 is 1.00 bits per heavy atom. The molecule has 2 rings (SSSR count). The van der Waals surface area contributed by atoms with E-state index in [0.717, 1.165) is 16.7 Å². The number of nitro groups is 1. The Morgan fingerprint density at radius 2 is 1.67 bits per heavy atom. The maximum absolute atomic E-state index is 11.9. The number of nitrogens with zero attached hydrogens (tertiary/aromatic N) is 1. The number of rotatable bonds is 4. The van der Waals surface area contributed by atoms with Crippen LogP contribution in [0, 0.1) is 24.0 Å². The molecule has 0 atom stereocenters. The zero-order valence-electron chi connectivity index (χ0n) is 13.3. The Bertz CT molecular complexity index is 785. The normalized spacial score (nSPS) is 10.1. The molecule has 7 heteroatoms. The Morgan fingerprint density at radius 3 is 2.25 bits per heavy atom. The Kier molecular flexibility index (Phi) is 5.26. The molecule has 0 aliphatic heterocycles. The average molecular weight is 327 g/mol. The molecule has 2 amide bonds. The molecule has 0 radical (unpaired) electrons. The molecule has 24 heavy (non-hydrogen) atoms. The Hall–Kier alpha value is -3.22. The number of hydrazine groups is 1. The second-order valence-electron chi connectivity index (χ2n) is 5.40. The zero-order valence-corrected chi connectivity index (χ0v) is 13.3. The third-order valence-corrected chi connectivity index (χ3v) is 3.59. The lowest BCUT2D eigenvalue weighted by Gasteiger charge is -2.08. The summed E-state index contributed by atoms with van der Waals surface area (Å²) in [6.07, 6.45) is 0.141. The maximum Gasteiger partial charge on any atom is 0.269 e. The van der Waals surface area contributed by atoms with Crippen molar-refractivity contribution in [3.05, 3.63) is 74.8 Å². The topological polar surface area (TPSA) is 101 Å². The van der Waals surface area contributed by atoms with Gasteiger partial charge >= 0.3 is 0 Å². The van der Waals surface area contributed by atoms with Gasteiger partial charge in [-0.25, -0.2) is 0 Å². The van der Waals surface area contributed by atoms with Crippen LogP contribution in [0.3, 0.4) is 0 Å². The highest BCUT2D eigenvalue weighted by Gasteiger charge is 2.11. The molecule has 0 heterocycles. The van der Waals surface area contributed by atoms with Crippen LogP contribution in [0.1, 0.15) is 27.0 Å². The van der Waals surface area contributed by atoms with Gasteiger partial charge in [0.05, 0.1) is 11.3 Å². The molecule has 2 N–H and O–H groups in total. The van der Waals surface area contributed by atoms with E-state index in [1.165, 1.54) is 24.3 Å². The van der Waals surface area contributed by atoms with Crippen LogP contribution in [-0.2, 0) is 11.2 Å². The SMILES string of the molecule is Cc1ccc(CC(=O)NNC(=O)c2ccc([N+](=O)[O-])cc2)cc1C. The molecule has 2 aromatic carbocycles. The van der Waals surface area contributed by atoms with Crippen LogP contribution in [0.25, 0.3) is 0 Å². The molecule has 0 aromatic heterocycles. The fourth-order valence-electron chi connectivity index (χ4n) is 2.08. The van der Waals surface area contributed by atoms with E-state index >= 15 is 0 Å². The fraction of sp³-hybridized carbons (Fsp3) is 0.176. The highest BCUT2D eigenvalue weighted by molar-refractivity contribution is 5.95. The van der Waals surface area contributed by atoms with Gasteiger partial charge in [0, 0.05) is 17.7 Å². The van der Waals surface area contributed by atoms with Crippen molar-refractivity contribution in [1.82, 2.24) is 10.9 Å². The Labute approximate surface area is 138 Å². The summed E-state index contributed by atoms with van der Waals surface area (Å²) in [5, 5.41) is 10.6. The predicted octanol–water partition coefficient (Wildman–Crippen LogP) is 2.22. The highest BCUT2D eigenvalue weighted by Crippen LogP contribution is 2.12. The van der Waals surface area contributed by atoms with Crippen molar-refractivity contribution in [3.63, 3.8) is 0 Å². The van der Waals surface area contributed by atoms with Gasteiger partial charge in [-0.3, -0.25) is 30.6 Å². The highest BCUT2D eigenvalue weighted by atomic mass is 16.6. The summed E-state index contributed by atoms with van der Waals surface area (Å²) in [7, 11) is 0. The largest absolute Gasteiger partial charge is 0.273 e. The van der Waals surface area contributed by atoms with Crippen LogP contribution in [0.15, 0.2) is 42.5 Å². The smallest absolute Gasteiger partial charge is 0.269 e. The van der Waals surface area contributed by atoms with Crippen LogP contribution in [0.4, 0.5) is 5.69 Å². The standard InChI is InChI=1S/C17H17N3O4/c1-11-3-4-13(9-12(11)2)10-16(21)18-19-17(22)14-5-7-15(8-6-14)20(23)24/h3-9H,10H2,1-2H3,(H,18,21)(H,19,22). The first kappa shape index (κ1) is 17.1. The van der Waals surface area contributed by atoms with Crippen LogP contribution in [0.5, 0.6) is 0 Å². The summed E-state index contributed by atoms with van der Waals surface area (Å²) >= 11 is 0. The van der Waals surface area contributed by atoms with Gasteiger partial charge < -0.3 is 0 Å². The first-order chi connectivity index (χ1) is 11.4. The second-order valence-corrected chi connectivity index (χ2v) is 5.40. The van der Waals surface area contributed by atoms with Crippen molar-refractivity contribution in [2.45, 2.75) is 20.3 Å². The Balaban J connectivity index is 1.89. The van der Waals surface area contributed by atoms with E-state index in [2.05, 4.69) is 10.9 Å². The van der Waals surface area contributed by atoms with Crippen molar-refractivity contribution in [1.29, 1.82) is 0 Å². The number of non-ortho nitro benzene ring substituents is 1. The molecule has 0 aliphatic carbocycles. The summed E-state index contributed by atoms with van der Waals surface area (Å²) in [6, 6.07) is 10.8. The zero-order chi connectivity index (χ0) is 17.7. The summed E-state index contributed by atoms with van der Waals surface area (Å²) in [6.45, 7) is 3.96. The van der Waals surface area contributed by atoms with E-state index in [4.69, 9.17) is 0 Å². The molecule has 0 unspecified atom stereocenters. The van der Waals surface area contributed by atoms with E-state index in [-0.39, 0.29) is 23.6 Å². The molecule has 124 valence electrons. The van der Waals surface area contributed by atoms with E-state index < -0.39 is 10.8 Å². The van der Waals surface area contributed by atoms with E-state index in [9.17, 15) is 19.7 Å². The van der Waals surface area contributed by atoms with E-state index in [1.807, 2.05) is 32.0 Å². The van der Waals surface area contributed by atoms with Gasteiger partial charge in [0.2, 0.25) is 5.91 Å². The number of carbonyl (C=O) groups is 2.